The lowest BCUT2D eigenvalue weighted by Crippen LogP contribution is -1.82. The van der Waals surface area contributed by atoms with Gasteiger partial charge in [-0.2, -0.15) is 0 Å². The van der Waals surface area contributed by atoms with Crippen LogP contribution in [-0.4, -0.2) is 5.33 Å². The Bertz CT molecular complexity index is 292. The van der Waals surface area contributed by atoms with Gasteiger partial charge >= 0.3 is 0 Å². The number of benzene rings is 1. The summed E-state index contributed by atoms with van der Waals surface area (Å²) in [4.78, 5) is 0. The predicted octanol–water partition coefficient (Wildman–Crippen LogP) is 3.62. The third-order valence-electron chi connectivity index (χ3n) is 1.52. The fraction of sp³-hybridized carbons (Fsp3) is 0.200. The Morgan fingerprint density at radius 3 is 2.75 bits per heavy atom. The summed E-state index contributed by atoms with van der Waals surface area (Å²) < 4.78 is 13.0. The maximum Gasteiger partial charge on any atom is 0.130 e. The Morgan fingerprint density at radius 1 is 1.50 bits per heavy atom. The zero-order valence-corrected chi connectivity index (χ0v) is 8.44. The average molecular weight is 229 g/mol. The van der Waals surface area contributed by atoms with Crippen molar-refractivity contribution >= 4 is 22.0 Å². The molecule has 0 unspecified atom stereocenters. The van der Waals surface area contributed by atoms with Crippen LogP contribution in [0.5, 0.6) is 0 Å². The highest BCUT2D eigenvalue weighted by molar-refractivity contribution is 9.09. The van der Waals surface area contributed by atoms with Crippen molar-refractivity contribution in [2.24, 2.45) is 0 Å². The van der Waals surface area contributed by atoms with Gasteiger partial charge in [-0.1, -0.05) is 45.8 Å². The van der Waals surface area contributed by atoms with Gasteiger partial charge in [-0.3, -0.25) is 0 Å². The lowest BCUT2D eigenvalue weighted by Gasteiger charge is -1.97. The maximum atomic E-state index is 13.0. The van der Waals surface area contributed by atoms with Crippen LogP contribution in [0, 0.1) is 5.82 Å². The van der Waals surface area contributed by atoms with Crippen LogP contribution < -0.4 is 0 Å². The molecule has 64 valence electrons. The van der Waals surface area contributed by atoms with Crippen LogP contribution in [0.4, 0.5) is 4.39 Å². The third-order valence-corrected chi connectivity index (χ3v) is 2.40. The van der Waals surface area contributed by atoms with E-state index in [9.17, 15) is 4.39 Å². The molecule has 0 amide bonds. The second-order valence-electron chi connectivity index (χ2n) is 2.65. The molecule has 1 aromatic carbocycles. The molecule has 2 heteroatoms. The van der Waals surface area contributed by atoms with Gasteiger partial charge in [0.2, 0.25) is 0 Å². The van der Waals surface area contributed by atoms with E-state index in [2.05, 4.69) is 15.9 Å². The normalized spacial score (nSPS) is 11.8. The first-order valence-corrected chi connectivity index (χ1v) is 4.84. The molecule has 0 N–H and O–H groups in total. The molecular formula is C10H10BrF. The fourth-order valence-electron chi connectivity index (χ4n) is 0.896. The van der Waals surface area contributed by atoms with E-state index >= 15 is 0 Å². The van der Waals surface area contributed by atoms with Gasteiger partial charge < -0.3 is 0 Å². The van der Waals surface area contributed by atoms with E-state index in [0.29, 0.717) is 5.56 Å². The number of halogens is 2. The molecule has 0 aromatic heterocycles. The molecule has 0 bridgehead atoms. The van der Waals surface area contributed by atoms with Crippen LogP contribution in [0.15, 0.2) is 29.8 Å². The predicted molar refractivity (Wildman–Crippen MR) is 53.8 cm³/mol. The lowest BCUT2D eigenvalue weighted by atomic mass is 10.1. The number of allylic oxidation sites excluding steroid dienone is 1. The van der Waals surface area contributed by atoms with Gasteiger partial charge in [-0.25, -0.2) is 4.39 Å². The summed E-state index contributed by atoms with van der Waals surface area (Å²) in [7, 11) is 0. The molecule has 0 aliphatic carbocycles. The number of alkyl halides is 1. The van der Waals surface area contributed by atoms with Crippen LogP contribution in [0.25, 0.3) is 6.08 Å². The first kappa shape index (κ1) is 9.46. The van der Waals surface area contributed by atoms with E-state index in [0.717, 1.165) is 10.9 Å². The van der Waals surface area contributed by atoms with Crippen LogP contribution in [-0.2, 0) is 0 Å². The van der Waals surface area contributed by atoms with Crippen molar-refractivity contribution in [3.8, 4) is 0 Å². The van der Waals surface area contributed by atoms with E-state index < -0.39 is 0 Å². The summed E-state index contributed by atoms with van der Waals surface area (Å²) in [6.07, 6.45) is 1.84. The first-order valence-electron chi connectivity index (χ1n) is 3.71. The molecule has 0 aliphatic heterocycles. The SMILES string of the molecule is CC(=Cc1ccccc1F)CBr. The van der Waals surface area contributed by atoms with Gasteiger partial charge in [-0.15, -0.1) is 0 Å². The first-order chi connectivity index (χ1) is 5.74. The Hall–Kier alpha value is -0.630. The molecule has 0 atom stereocenters. The monoisotopic (exact) mass is 228 g/mol. The summed E-state index contributed by atoms with van der Waals surface area (Å²) >= 11 is 3.31. The van der Waals surface area contributed by atoms with E-state index in [-0.39, 0.29) is 5.82 Å². The van der Waals surface area contributed by atoms with Gasteiger partial charge in [0.15, 0.2) is 0 Å². The van der Waals surface area contributed by atoms with Crippen molar-refractivity contribution in [3.05, 3.63) is 41.2 Å². The summed E-state index contributed by atoms with van der Waals surface area (Å²) in [5, 5.41) is 0.779. The van der Waals surface area contributed by atoms with Crippen molar-refractivity contribution in [1.29, 1.82) is 0 Å². The molecule has 0 radical (unpaired) electrons. The molecule has 0 spiro atoms. The number of hydrogen-bond donors (Lipinski definition) is 0. The topological polar surface area (TPSA) is 0 Å². The van der Waals surface area contributed by atoms with Crippen molar-refractivity contribution < 1.29 is 4.39 Å². The van der Waals surface area contributed by atoms with Crippen molar-refractivity contribution in [3.63, 3.8) is 0 Å². The average Bonchev–Trinajstić information content (AvgIpc) is 2.09. The summed E-state index contributed by atoms with van der Waals surface area (Å²) in [5.41, 5.74) is 1.76. The smallest absolute Gasteiger partial charge is 0.130 e. The van der Waals surface area contributed by atoms with Crippen LogP contribution >= 0.6 is 15.9 Å². The minimum Gasteiger partial charge on any atom is -0.206 e. The molecule has 0 heterocycles. The quantitative estimate of drug-likeness (QED) is 0.679. The molecule has 0 saturated carbocycles. The zero-order chi connectivity index (χ0) is 8.97. The molecule has 0 fully saturated rings. The molecule has 1 rings (SSSR count). The standard InChI is InChI=1S/C10H10BrF/c1-8(7-11)6-9-4-2-3-5-10(9)12/h2-6H,7H2,1H3. The van der Waals surface area contributed by atoms with Crippen LogP contribution in [0.1, 0.15) is 12.5 Å². The Morgan fingerprint density at radius 2 is 2.17 bits per heavy atom. The highest BCUT2D eigenvalue weighted by atomic mass is 79.9. The van der Waals surface area contributed by atoms with E-state index in [1.165, 1.54) is 6.07 Å². The van der Waals surface area contributed by atoms with E-state index in [1.807, 2.05) is 19.1 Å². The largest absolute Gasteiger partial charge is 0.206 e. The van der Waals surface area contributed by atoms with Crippen molar-refractivity contribution in [2.75, 3.05) is 5.33 Å². The minimum absolute atomic E-state index is 0.169. The summed E-state index contributed by atoms with van der Waals surface area (Å²) in [6, 6.07) is 6.75. The summed E-state index contributed by atoms with van der Waals surface area (Å²) in [5.74, 6) is -0.169. The highest BCUT2D eigenvalue weighted by Gasteiger charge is 1.96. The second kappa shape index (κ2) is 4.41. The Balaban J connectivity index is 2.96. The maximum absolute atomic E-state index is 13.0. The van der Waals surface area contributed by atoms with Gasteiger partial charge in [0.1, 0.15) is 5.82 Å². The van der Waals surface area contributed by atoms with Gasteiger partial charge in [-0.05, 0) is 13.0 Å². The Labute approximate surface area is 80.2 Å². The summed E-state index contributed by atoms with van der Waals surface area (Å²) in [6.45, 7) is 1.96. The molecular weight excluding hydrogens is 219 g/mol. The van der Waals surface area contributed by atoms with Gasteiger partial charge in [0.05, 0.1) is 0 Å². The molecule has 0 nitrogen and oxygen atoms in total. The number of hydrogen-bond acceptors (Lipinski definition) is 0. The number of rotatable bonds is 2. The Kier molecular flexibility index (Phi) is 3.48. The zero-order valence-electron chi connectivity index (χ0n) is 6.85. The van der Waals surface area contributed by atoms with Crippen LogP contribution in [0.3, 0.4) is 0 Å². The highest BCUT2D eigenvalue weighted by Crippen LogP contribution is 2.11. The van der Waals surface area contributed by atoms with Gasteiger partial charge in [0, 0.05) is 10.9 Å². The fourth-order valence-corrected chi connectivity index (χ4v) is 1.06. The second-order valence-corrected chi connectivity index (χ2v) is 3.21. The third kappa shape index (κ3) is 2.45. The minimum atomic E-state index is -0.169. The van der Waals surface area contributed by atoms with Crippen molar-refractivity contribution in [1.82, 2.24) is 0 Å². The van der Waals surface area contributed by atoms with Crippen LogP contribution in [0.2, 0.25) is 0 Å². The van der Waals surface area contributed by atoms with E-state index in [1.54, 1.807) is 12.1 Å². The van der Waals surface area contributed by atoms with Gasteiger partial charge in [0.25, 0.3) is 0 Å². The molecule has 0 saturated heterocycles. The van der Waals surface area contributed by atoms with E-state index in [4.69, 9.17) is 0 Å². The molecule has 12 heavy (non-hydrogen) atoms. The molecule has 1 aromatic rings. The van der Waals surface area contributed by atoms with Crippen molar-refractivity contribution in [2.45, 2.75) is 6.92 Å². The lowest BCUT2D eigenvalue weighted by molar-refractivity contribution is 0.625. The molecule has 0 aliphatic rings.